The van der Waals surface area contributed by atoms with Crippen molar-refractivity contribution in [1.29, 1.82) is 0 Å². The number of nitrogens with one attached hydrogen (secondary N) is 1. The topological polar surface area (TPSA) is 79.4 Å². The van der Waals surface area contributed by atoms with Crippen LogP contribution in [0.2, 0.25) is 5.02 Å². The summed E-state index contributed by atoms with van der Waals surface area (Å²) in [4.78, 5) is 16.7. The summed E-state index contributed by atoms with van der Waals surface area (Å²) in [5.74, 6) is -0.392. The number of amides is 1. The second-order valence-electron chi connectivity index (χ2n) is 7.44. The standard InChI is InChI=1S/C23H22ClN3O3S/c24-21-8-5-19(16-22(21)31(29,30)27-13-1-2-14-27)23(28)26-20-6-3-17(4-7-20)15-18-9-11-25-12-10-18/h3-12,16H,1-2,13-15H2,(H,26,28). The fourth-order valence-corrected chi connectivity index (χ4v) is 5.57. The molecule has 8 heteroatoms. The van der Waals surface area contributed by atoms with Crippen LogP contribution in [0.4, 0.5) is 5.69 Å². The molecule has 31 heavy (non-hydrogen) atoms. The second kappa shape index (κ2) is 9.18. The van der Waals surface area contributed by atoms with Crippen molar-refractivity contribution in [3.63, 3.8) is 0 Å². The van der Waals surface area contributed by atoms with Gasteiger partial charge in [0.15, 0.2) is 0 Å². The Morgan fingerprint density at radius 2 is 1.61 bits per heavy atom. The van der Waals surface area contributed by atoms with E-state index in [1.807, 2.05) is 36.4 Å². The van der Waals surface area contributed by atoms with Gasteiger partial charge >= 0.3 is 0 Å². The third kappa shape index (κ3) is 4.95. The smallest absolute Gasteiger partial charge is 0.255 e. The lowest BCUT2D eigenvalue weighted by molar-refractivity contribution is 0.102. The molecule has 0 unspecified atom stereocenters. The SMILES string of the molecule is O=C(Nc1ccc(Cc2ccncc2)cc1)c1ccc(Cl)c(S(=O)(=O)N2CCCC2)c1. The number of sulfonamides is 1. The van der Waals surface area contributed by atoms with Crippen LogP contribution in [0, 0.1) is 0 Å². The number of rotatable bonds is 6. The molecule has 1 N–H and O–H groups in total. The average molecular weight is 456 g/mol. The Hall–Kier alpha value is -2.74. The highest BCUT2D eigenvalue weighted by Gasteiger charge is 2.29. The molecule has 2 heterocycles. The van der Waals surface area contributed by atoms with Gasteiger partial charge in [0.2, 0.25) is 10.0 Å². The lowest BCUT2D eigenvalue weighted by Crippen LogP contribution is -2.28. The molecule has 1 fully saturated rings. The average Bonchev–Trinajstić information content (AvgIpc) is 3.32. The fourth-order valence-electron chi connectivity index (χ4n) is 3.56. The Morgan fingerprint density at radius 1 is 0.968 bits per heavy atom. The molecule has 2 aromatic carbocycles. The predicted molar refractivity (Wildman–Crippen MR) is 121 cm³/mol. The van der Waals surface area contributed by atoms with Gasteiger partial charge in [-0.05, 0) is 72.9 Å². The van der Waals surface area contributed by atoms with E-state index in [4.69, 9.17) is 11.6 Å². The number of hydrogen-bond acceptors (Lipinski definition) is 4. The van der Waals surface area contributed by atoms with E-state index in [1.165, 1.54) is 22.5 Å². The highest BCUT2D eigenvalue weighted by Crippen LogP contribution is 2.28. The second-order valence-corrected chi connectivity index (χ2v) is 9.75. The molecule has 160 valence electrons. The molecule has 3 aromatic rings. The Balaban J connectivity index is 1.48. The van der Waals surface area contributed by atoms with Crippen molar-refractivity contribution in [3.05, 3.63) is 88.7 Å². The van der Waals surface area contributed by atoms with Gasteiger partial charge in [0, 0.05) is 36.7 Å². The molecule has 0 atom stereocenters. The molecule has 0 radical (unpaired) electrons. The number of aromatic nitrogens is 1. The van der Waals surface area contributed by atoms with Crippen LogP contribution in [0.5, 0.6) is 0 Å². The number of carbonyl (C=O) groups excluding carboxylic acids is 1. The van der Waals surface area contributed by atoms with Crippen molar-refractivity contribution in [3.8, 4) is 0 Å². The zero-order chi connectivity index (χ0) is 21.8. The number of nitrogens with zero attached hydrogens (tertiary/aromatic N) is 2. The van der Waals surface area contributed by atoms with E-state index < -0.39 is 15.9 Å². The Kier molecular flexibility index (Phi) is 6.36. The van der Waals surface area contributed by atoms with Gasteiger partial charge in [-0.3, -0.25) is 9.78 Å². The molecular formula is C23H22ClN3O3S. The lowest BCUT2D eigenvalue weighted by Gasteiger charge is -2.17. The molecule has 4 rings (SSSR count). The lowest BCUT2D eigenvalue weighted by atomic mass is 10.1. The van der Waals surface area contributed by atoms with Crippen LogP contribution < -0.4 is 5.32 Å². The zero-order valence-corrected chi connectivity index (χ0v) is 18.4. The minimum absolute atomic E-state index is 0.0311. The molecular weight excluding hydrogens is 434 g/mol. The third-order valence-electron chi connectivity index (χ3n) is 5.25. The van der Waals surface area contributed by atoms with Crippen LogP contribution >= 0.6 is 11.6 Å². The molecule has 0 saturated carbocycles. The van der Waals surface area contributed by atoms with E-state index in [2.05, 4.69) is 10.3 Å². The molecule has 1 amide bonds. The maximum Gasteiger partial charge on any atom is 0.255 e. The van der Waals surface area contributed by atoms with Gasteiger partial charge < -0.3 is 5.32 Å². The van der Waals surface area contributed by atoms with Crippen molar-refractivity contribution in [1.82, 2.24) is 9.29 Å². The summed E-state index contributed by atoms with van der Waals surface area (Å²) in [6, 6.07) is 15.8. The van der Waals surface area contributed by atoms with Crippen LogP contribution in [-0.2, 0) is 16.4 Å². The molecule has 1 saturated heterocycles. The van der Waals surface area contributed by atoms with E-state index in [9.17, 15) is 13.2 Å². The molecule has 0 aliphatic carbocycles. The van der Waals surface area contributed by atoms with E-state index in [1.54, 1.807) is 12.4 Å². The zero-order valence-electron chi connectivity index (χ0n) is 16.8. The van der Waals surface area contributed by atoms with Crippen molar-refractivity contribution >= 4 is 33.2 Å². The fraction of sp³-hybridized carbons (Fsp3) is 0.217. The summed E-state index contributed by atoms with van der Waals surface area (Å²) < 4.78 is 27.2. The third-order valence-corrected chi connectivity index (χ3v) is 7.63. The first-order chi connectivity index (χ1) is 14.9. The van der Waals surface area contributed by atoms with E-state index in [-0.39, 0.29) is 15.5 Å². The van der Waals surface area contributed by atoms with Gasteiger partial charge in [0.25, 0.3) is 5.91 Å². The van der Waals surface area contributed by atoms with Gasteiger partial charge in [-0.15, -0.1) is 0 Å². The summed E-state index contributed by atoms with van der Waals surface area (Å²) >= 11 is 6.17. The summed E-state index contributed by atoms with van der Waals surface area (Å²) in [6.07, 6.45) is 5.94. The van der Waals surface area contributed by atoms with Crippen LogP contribution in [-0.4, -0.2) is 36.7 Å². The number of carbonyl (C=O) groups is 1. The Labute approximate surface area is 186 Å². The highest BCUT2D eigenvalue weighted by molar-refractivity contribution is 7.89. The van der Waals surface area contributed by atoms with Gasteiger partial charge in [-0.25, -0.2) is 8.42 Å². The minimum Gasteiger partial charge on any atom is -0.322 e. The van der Waals surface area contributed by atoms with Gasteiger partial charge in [0.05, 0.1) is 5.02 Å². The van der Waals surface area contributed by atoms with Gasteiger partial charge in [0.1, 0.15) is 4.90 Å². The monoisotopic (exact) mass is 455 g/mol. The summed E-state index contributed by atoms with van der Waals surface area (Å²) in [6.45, 7) is 0.946. The first kappa shape index (κ1) is 21.5. The first-order valence-electron chi connectivity index (χ1n) is 10.0. The van der Waals surface area contributed by atoms with Gasteiger partial charge in [-0.2, -0.15) is 4.31 Å². The largest absolute Gasteiger partial charge is 0.322 e. The quantitative estimate of drug-likeness (QED) is 0.598. The number of benzene rings is 2. The maximum atomic E-state index is 12.9. The van der Waals surface area contributed by atoms with Crippen LogP contribution in [0.15, 0.2) is 71.9 Å². The van der Waals surface area contributed by atoms with Crippen LogP contribution in [0.1, 0.15) is 34.3 Å². The first-order valence-corrected chi connectivity index (χ1v) is 11.8. The van der Waals surface area contributed by atoms with Crippen LogP contribution in [0.3, 0.4) is 0 Å². The summed E-state index contributed by atoms with van der Waals surface area (Å²) in [7, 11) is -3.72. The Bertz CT molecular complexity index is 1180. The Morgan fingerprint density at radius 3 is 2.29 bits per heavy atom. The summed E-state index contributed by atoms with van der Waals surface area (Å²) in [5, 5.41) is 2.93. The number of anilines is 1. The van der Waals surface area contributed by atoms with Crippen LogP contribution in [0.25, 0.3) is 0 Å². The summed E-state index contributed by atoms with van der Waals surface area (Å²) in [5.41, 5.74) is 3.12. The minimum atomic E-state index is -3.72. The predicted octanol–water partition coefficient (Wildman–Crippen LogP) is 4.36. The molecule has 0 spiro atoms. The molecule has 6 nitrogen and oxygen atoms in total. The van der Waals surface area contributed by atoms with Crippen molar-refractivity contribution in [2.75, 3.05) is 18.4 Å². The maximum absolute atomic E-state index is 12.9. The van der Waals surface area contributed by atoms with E-state index in [0.29, 0.717) is 18.8 Å². The number of halogens is 1. The molecule has 1 aromatic heterocycles. The molecule has 1 aliphatic rings. The molecule has 0 bridgehead atoms. The van der Waals surface area contributed by atoms with Gasteiger partial charge in [-0.1, -0.05) is 23.7 Å². The number of hydrogen-bond donors (Lipinski definition) is 1. The highest BCUT2D eigenvalue weighted by atomic mass is 35.5. The van der Waals surface area contributed by atoms with Crippen molar-refractivity contribution in [2.45, 2.75) is 24.2 Å². The van der Waals surface area contributed by atoms with Crippen molar-refractivity contribution < 1.29 is 13.2 Å². The number of pyridine rings is 1. The molecule has 1 aliphatic heterocycles. The van der Waals surface area contributed by atoms with E-state index in [0.717, 1.165) is 30.4 Å². The van der Waals surface area contributed by atoms with E-state index >= 15 is 0 Å². The normalized spacial score (nSPS) is 14.5. The van der Waals surface area contributed by atoms with Crippen molar-refractivity contribution in [2.24, 2.45) is 0 Å².